The van der Waals surface area contributed by atoms with E-state index < -0.39 is 0 Å². The Labute approximate surface area is 144 Å². The third-order valence-electron chi connectivity index (χ3n) is 3.98. The highest BCUT2D eigenvalue weighted by Gasteiger charge is 2.23. The first-order valence-electron chi connectivity index (χ1n) is 7.81. The van der Waals surface area contributed by atoms with Gasteiger partial charge in [0.15, 0.2) is 0 Å². The van der Waals surface area contributed by atoms with Crippen molar-refractivity contribution >= 4 is 23.5 Å². The fourth-order valence-corrected chi connectivity index (χ4v) is 3.95. The van der Waals surface area contributed by atoms with Crippen LogP contribution in [0.3, 0.4) is 0 Å². The molecule has 2 amide bonds. The van der Waals surface area contributed by atoms with Gasteiger partial charge in [-0.15, -0.1) is 0 Å². The van der Waals surface area contributed by atoms with Crippen LogP contribution in [0, 0.1) is 11.6 Å². The Hall–Kier alpha value is -2.08. The summed E-state index contributed by atoms with van der Waals surface area (Å²) in [7, 11) is 0. The minimum absolute atomic E-state index is 0.0508. The lowest BCUT2D eigenvalue weighted by Gasteiger charge is -2.21. The van der Waals surface area contributed by atoms with E-state index in [0.29, 0.717) is 30.8 Å². The first kappa shape index (κ1) is 16.8. The largest absolute Gasteiger partial charge is 0.324 e. The highest BCUT2D eigenvalue weighted by Crippen LogP contribution is 2.35. The number of carbonyl (C=O) groups excluding carboxylic acids is 1. The molecule has 0 spiro atoms. The van der Waals surface area contributed by atoms with Gasteiger partial charge < -0.3 is 10.2 Å². The Morgan fingerprint density at radius 1 is 1.08 bits per heavy atom. The Morgan fingerprint density at radius 2 is 1.83 bits per heavy atom. The zero-order chi connectivity index (χ0) is 16.9. The molecule has 0 bridgehead atoms. The molecule has 24 heavy (non-hydrogen) atoms. The number of benzene rings is 2. The number of urea groups is 1. The van der Waals surface area contributed by atoms with Crippen LogP contribution in [0.25, 0.3) is 0 Å². The van der Waals surface area contributed by atoms with Gasteiger partial charge in [-0.25, -0.2) is 13.6 Å². The fraction of sp³-hybridized carbons (Fsp3) is 0.278. The maximum atomic E-state index is 13.9. The molecule has 2 aromatic rings. The molecule has 1 unspecified atom stereocenters. The second kappa shape index (κ2) is 7.66. The highest BCUT2D eigenvalue weighted by molar-refractivity contribution is 7.99. The molecule has 0 radical (unpaired) electrons. The van der Waals surface area contributed by atoms with Gasteiger partial charge in [-0.3, -0.25) is 0 Å². The van der Waals surface area contributed by atoms with Gasteiger partial charge in [-0.2, -0.15) is 11.8 Å². The van der Waals surface area contributed by atoms with Crippen molar-refractivity contribution in [2.24, 2.45) is 0 Å². The molecule has 1 N–H and O–H groups in total. The van der Waals surface area contributed by atoms with Crippen molar-refractivity contribution in [1.29, 1.82) is 0 Å². The molecule has 1 saturated heterocycles. The molecule has 3 nitrogen and oxygen atoms in total. The fourth-order valence-electron chi connectivity index (χ4n) is 2.69. The van der Waals surface area contributed by atoms with Crippen molar-refractivity contribution in [3.8, 4) is 0 Å². The van der Waals surface area contributed by atoms with E-state index in [1.165, 1.54) is 30.3 Å². The van der Waals surface area contributed by atoms with E-state index in [2.05, 4.69) is 5.32 Å². The van der Waals surface area contributed by atoms with Crippen LogP contribution in [0.2, 0.25) is 0 Å². The normalized spacial score (nSPS) is 18.1. The molecule has 126 valence electrons. The number of anilines is 1. The van der Waals surface area contributed by atoms with Gasteiger partial charge >= 0.3 is 6.03 Å². The minimum Gasteiger partial charge on any atom is -0.324 e. The number of halogens is 2. The number of nitrogens with zero attached hydrogens (tertiary/aromatic N) is 1. The zero-order valence-electron chi connectivity index (χ0n) is 13.0. The third-order valence-corrected chi connectivity index (χ3v) is 5.29. The number of nitrogens with one attached hydrogen (secondary N) is 1. The Morgan fingerprint density at radius 3 is 2.58 bits per heavy atom. The van der Waals surface area contributed by atoms with Crippen LogP contribution in [-0.4, -0.2) is 29.8 Å². The summed E-state index contributed by atoms with van der Waals surface area (Å²) < 4.78 is 26.9. The first-order chi connectivity index (χ1) is 11.6. The molecular formula is C18H18F2N2OS. The highest BCUT2D eigenvalue weighted by atomic mass is 32.2. The van der Waals surface area contributed by atoms with E-state index in [1.807, 2.05) is 6.07 Å². The number of carbonyl (C=O) groups is 1. The van der Waals surface area contributed by atoms with Crippen molar-refractivity contribution in [2.75, 3.05) is 24.2 Å². The Kier molecular flexibility index (Phi) is 5.35. The van der Waals surface area contributed by atoms with Gasteiger partial charge in [-0.05, 0) is 36.8 Å². The molecule has 3 rings (SSSR count). The lowest BCUT2D eigenvalue weighted by molar-refractivity contribution is 0.215. The molecule has 1 heterocycles. The quantitative estimate of drug-likeness (QED) is 0.855. The maximum absolute atomic E-state index is 13.9. The molecule has 0 aliphatic carbocycles. The average molecular weight is 348 g/mol. The number of thioether (sulfide) groups is 1. The molecule has 2 aromatic carbocycles. The van der Waals surface area contributed by atoms with E-state index in [-0.39, 0.29) is 22.9 Å². The summed E-state index contributed by atoms with van der Waals surface area (Å²) >= 11 is 1.67. The van der Waals surface area contributed by atoms with Gasteiger partial charge in [0.1, 0.15) is 11.6 Å². The number of hydrogen-bond donors (Lipinski definition) is 1. The van der Waals surface area contributed by atoms with Crippen LogP contribution in [-0.2, 0) is 0 Å². The van der Waals surface area contributed by atoms with Crippen molar-refractivity contribution in [2.45, 2.75) is 11.7 Å². The smallest absolute Gasteiger partial charge is 0.321 e. The summed E-state index contributed by atoms with van der Waals surface area (Å²) in [6.07, 6.45) is 0.697. The lowest BCUT2D eigenvalue weighted by atomic mass is 10.1. The summed E-state index contributed by atoms with van der Waals surface area (Å²) in [5.41, 5.74) is 1.26. The summed E-state index contributed by atoms with van der Waals surface area (Å²) in [6.45, 7) is 1.15. The van der Waals surface area contributed by atoms with Crippen molar-refractivity contribution in [1.82, 2.24) is 4.90 Å². The van der Waals surface area contributed by atoms with Gasteiger partial charge in [-0.1, -0.05) is 18.2 Å². The van der Waals surface area contributed by atoms with Gasteiger partial charge in [0, 0.05) is 35.3 Å². The average Bonchev–Trinajstić information content (AvgIpc) is 2.83. The van der Waals surface area contributed by atoms with Crippen molar-refractivity contribution in [3.05, 3.63) is 65.7 Å². The van der Waals surface area contributed by atoms with E-state index in [9.17, 15) is 13.6 Å². The number of amides is 2. The molecule has 1 fully saturated rings. The van der Waals surface area contributed by atoms with Gasteiger partial charge in [0.05, 0.1) is 0 Å². The maximum Gasteiger partial charge on any atom is 0.321 e. The monoisotopic (exact) mass is 348 g/mol. The van der Waals surface area contributed by atoms with Gasteiger partial charge in [0.2, 0.25) is 0 Å². The predicted molar refractivity (Wildman–Crippen MR) is 93.2 cm³/mol. The van der Waals surface area contributed by atoms with E-state index >= 15 is 0 Å². The summed E-state index contributed by atoms with van der Waals surface area (Å²) in [4.78, 5) is 14.1. The zero-order valence-corrected chi connectivity index (χ0v) is 13.9. The lowest BCUT2D eigenvalue weighted by Crippen LogP contribution is -2.36. The van der Waals surface area contributed by atoms with Gasteiger partial charge in [0.25, 0.3) is 0 Å². The summed E-state index contributed by atoms with van der Waals surface area (Å²) in [6, 6.07) is 12.3. The summed E-state index contributed by atoms with van der Waals surface area (Å²) in [5.74, 6) is 0.210. The second-order valence-electron chi connectivity index (χ2n) is 5.59. The van der Waals surface area contributed by atoms with E-state index in [4.69, 9.17) is 0 Å². The molecular weight excluding hydrogens is 330 g/mol. The Bertz CT molecular complexity index is 708. The minimum atomic E-state index is -0.341. The van der Waals surface area contributed by atoms with Crippen LogP contribution in [0.1, 0.15) is 17.2 Å². The molecule has 0 saturated carbocycles. The molecule has 6 heteroatoms. The predicted octanol–water partition coefficient (Wildman–Crippen LogP) is 4.68. The van der Waals surface area contributed by atoms with Crippen LogP contribution < -0.4 is 5.32 Å². The first-order valence-corrected chi connectivity index (χ1v) is 8.86. The third kappa shape index (κ3) is 4.06. The summed E-state index contributed by atoms with van der Waals surface area (Å²) in [5, 5.41) is 2.82. The topological polar surface area (TPSA) is 32.3 Å². The number of hydrogen-bond acceptors (Lipinski definition) is 2. The molecule has 1 atom stereocenters. The van der Waals surface area contributed by atoms with E-state index in [1.54, 1.807) is 28.8 Å². The van der Waals surface area contributed by atoms with Crippen LogP contribution >= 0.6 is 11.8 Å². The second-order valence-corrected chi connectivity index (χ2v) is 6.90. The van der Waals surface area contributed by atoms with Crippen molar-refractivity contribution in [3.63, 3.8) is 0 Å². The Balaban J connectivity index is 1.61. The molecule has 0 aromatic heterocycles. The molecule has 1 aliphatic rings. The van der Waals surface area contributed by atoms with Crippen LogP contribution in [0.4, 0.5) is 19.3 Å². The van der Waals surface area contributed by atoms with Crippen molar-refractivity contribution < 1.29 is 13.6 Å². The van der Waals surface area contributed by atoms with E-state index in [0.717, 1.165) is 5.75 Å². The van der Waals surface area contributed by atoms with Crippen LogP contribution in [0.15, 0.2) is 48.5 Å². The standard InChI is InChI=1S/C18H18F2N2OS/c19-13-5-7-14(8-6-13)21-18(23)22-10-9-17(24-12-11-22)15-3-1-2-4-16(15)20/h1-8,17H,9-12H2,(H,21,23). The number of rotatable bonds is 2. The SMILES string of the molecule is O=C(Nc1ccc(F)cc1)N1CCSC(c2ccccc2F)CC1. The van der Waals surface area contributed by atoms with Crippen LogP contribution in [0.5, 0.6) is 0 Å². The molecule has 1 aliphatic heterocycles.